The molecule has 0 radical (unpaired) electrons. The standard InChI is InChI=1S/C9H9BrO2S/c1-4-5(3-8(10)13-4)6-2-7(6)9(11)12/h3,6-7H,2H2,1H3,(H,11,12). The first-order chi connectivity index (χ1) is 6.09. The second-order valence-corrected chi connectivity index (χ2v) is 5.98. The molecule has 1 aromatic rings. The van der Waals surface area contributed by atoms with Gasteiger partial charge in [0.25, 0.3) is 0 Å². The Kier molecular flexibility index (Phi) is 2.20. The number of carboxylic acids is 1. The molecule has 1 N–H and O–H groups in total. The number of hydrogen-bond acceptors (Lipinski definition) is 2. The molecule has 0 bridgehead atoms. The van der Waals surface area contributed by atoms with Crippen molar-refractivity contribution in [1.29, 1.82) is 0 Å². The van der Waals surface area contributed by atoms with Crippen LogP contribution < -0.4 is 0 Å². The molecule has 2 unspecified atom stereocenters. The Hall–Kier alpha value is -0.350. The Morgan fingerprint density at radius 3 is 2.85 bits per heavy atom. The van der Waals surface area contributed by atoms with Crippen molar-refractivity contribution in [3.05, 3.63) is 20.3 Å². The Bertz CT molecular complexity index is 358. The summed E-state index contributed by atoms with van der Waals surface area (Å²) in [5, 5.41) is 8.77. The van der Waals surface area contributed by atoms with E-state index in [-0.39, 0.29) is 11.8 Å². The van der Waals surface area contributed by atoms with Gasteiger partial charge in [0.15, 0.2) is 0 Å². The SMILES string of the molecule is Cc1sc(Br)cc1C1CC1C(=O)O. The normalized spacial score (nSPS) is 26.0. The van der Waals surface area contributed by atoms with Crippen molar-refractivity contribution in [3.8, 4) is 0 Å². The first-order valence-electron chi connectivity index (χ1n) is 4.08. The van der Waals surface area contributed by atoms with E-state index in [1.54, 1.807) is 11.3 Å². The largest absolute Gasteiger partial charge is 0.481 e. The van der Waals surface area contributed by atoms with Gasteiger partial charge in [0.05, 0.1) is 9.70 Å². The van der Waals surface area contributed by atoms with Crippen molar-refractivity contribution in [3.63, 3.8) is 0 Å². The van der Waals surface area contributed by atoms with Crippen LogP contribution in [0.5, 0.6) is 0 Å². The summed E-state index contributed by atoms with van der Waals surface area (Å²) in [6, 6.07) is 2.05. The molecule has 1 heterocycles. The summed E-state index contributed by atoms with van der Waals surface area (Å²) in [4.78, 5) is 11.9. The summed E-state index contributed by atoms with van der Waals surface area (Å²) in [6.07, 6.45) is 0.805. The Morgan fingerprint density at radius 1 is 1.77 bits per heavy atom. The third kappa shape index (κ3) is 1.65. The molecule has 13 heavy (non-hydrogen) atoms. The third-order valence-electron chi connectivity index (χ3n) is 2.43. The lowest BCUT2D eigenvalue weighted by atomic mass is 10.1. The summed E-state index contributed by atoms with van der Waals surface area (Å²) in [5.41, 5.74) is 1.21. The van der Waals surface area contributed by atoms with Crippen LogP contribution in [0.2, 0.25) is 0 Å². The smallest absolute Gasteiger partial charge is 0.307 e. The first kappa shape index (κ1) is 9.21. The quantitative estimate of drug-likeness (QED) is 0.888. The second-order valence-electron chi connectivity index (χ2n) is 3.35. The molecule has 70 valence electrons. The minimum atomic E-state index is -0.660. The van der Waals surface area contributed by atoms with Crippen LogP contribution >= 0.6 is 27.3 Å². The van der Waals surface area contributed by atoms with E-state index in [9.17, 15) is 4.79 Å². The van der Waals surface area contributed by atoms with Gasteiger partial charge in [-0.1, -0.05) is 0 Å². The van der Waals surface area contributed by atoms with Gasteiger partial charge in [-0.3, -0.25) is 4.79 Å². The molecule has 0 amide bonds. The van der Waals surface area contributed by atoms with Gasteiger partial charge in [-0.25, -0.2) is 0 Å². The predicted molar refractivity (Wildman–Crippen MR) is 55.2 cm³/mol. The number of aryl methyl sites for hydroxylation is 1. The minimum Gasteiger partial charge on any atom is -0.481 e. The zero-order chi connectivity index (χ0) is 9.59. The number of carbonyl (C=O) groups is 1. The predicted octanol–water partition coefficient (Wildman–Crippen LogP) is 3.01. The van der Waals surface area contributed by atoms with Crippen LogP contribution in [-0.4, -0.2) is 11.1 Å². The molecular weight excluding hydrogens is 252 g/mol. The molecule has 4 heteroatoms. The van der Waals surface area contributed by atoms with E-state index in [0.717, 1.165) is 10.2 Å². The highest BCUT2D eigenvalue weighted by Gasteiger charge is 2.45. The zero-order valence-corrected chi connectivity index (χ0v) is 9.48. The van der Waals surface area contributed by atoms with Gasteiger partial charge < -0.3 is 5.11 Å². The van der Waals surface area contributed by atoms with Crippen molar-refractivity contribution >= 4 is 33.2 Å². The molecule has 0 aromatic carbocycles. The van der Waals surface area contributed by atoms with Gasteiger partial charge in [0.1, 0.15) is 0 Å². The van der Waals surface area contributed by atoms with Gasteiger partial charge in [-0.15, -0.1) is 11.3 Å². The highest BCUT2D eigenvalue weighted by Crippen LogP contribution is 2.50. The van der Waals surface area contributed by atoms with Crippen LogP contribution in [-0.2, 0) is 4.79 Å². The van der Waals surface area contributed by atoms with Crippen LogP contribution in [0.4, 0.5) is 0 Å². The lowest BCUT2D eigenvalue weighted by Gasteiger charge is -1.94. The van der Waals surface area contributed by atoms with E-state index in [4.69, 9.17) is 5.11 Å². The molecule has 1 saturated carbocycles. The summed E-state index contributed by atoms with van der Waals surface area (Å²) in [6.45, 7) is 2.04. The van der Waals surface area contributed by atoms with Crippen molar-refractivity contribution in [2.45, 2.75) is 19.3 Å². The van der Waals surface area contributed by atoms with Crippen LogP contribution in [0.3, 0.4) is 0 Å². The fourth-order valence-corrected chi connectivity index (χ4v) is 3.42. The van der Waals surface area contributed by atoms with Crippen molar-refractivity contribution in [2.24, 2.45) is 5.92 Å². The first-order valence-corrected chi connectivity index (χ1v) is 5.69. The highest BCUT2D eigenvalue weighted by atomic mass is 79.9. The van der Waals surface area contributed by atoms with E-state index in [1.807, 2.05) is 13.0 Å². The van der Waals surface area contributed by atoms with Gasteiger partial charge >= 0.3 is 5.97 Å². The molecule has 0 spiro atoms. The van der Waals surface area contributed by atoms with Crippen molar-refractivity contribution < 1.29 is 9.90 Å². The Balaban J connectivity index is 2.20. The van der Waals surface area contributed by atoms with Gasteiger partial charge in [-0.05, 0) is 46.8 Å². The van der Waals surface area contributed by atoms with Crippen LogP contribution in [0.25, 0.3) is 0 Å². The molecule has 1 fully saturated rings. The number of carboxylic acid groups (broad SMARTS) is 1. The summed E-state index contributed by atoms with van der Waals surface area (Å²) in [7, 11) is 0. The van der Waals surface area contributed by atoms with Crippen molar-refractivity contribution in [1.82, 2.24) is 0 Å². The summed E-state index contributed by atoms with van der Waals surface area (Å²) < 4.78 is 1.09. The Morgan fingerprint density at radius 2 is 2.46 bits per heavy atom. The lowest BCUT2D eigenvalue weighted by molar-refractivity contribution is -0.138. The number of halogens is 1. The van der Waals surface area contributed by atoms with E-state index in [0.29, 0.717) is 0 Å². The van der Waals surface area contributed by atoms with Crippen molar-refractivity contribution in [2.75, 3.05) is 0 Å². The summed E-state index contributed by atoms with van der Waals surface area (Å²) in [5.74, 6) is -0.535. The van der Waals surface area contributed by atoms with E-state index < -0.39 is 5.97 Å². The average molecular weight is 261 g/mol. The van der Waals surface area contributed by atoms with E-state index >= 15 is 0 Å². The lowest BCUT2D eigenvalue weighted by Crippen LogP contribution is -1.98. The van der Waals surface area contributed by atoms with E-state index in [2.05, 4.69) is 15.9 Å². The molecule has 1 aromatic heterocycles. The van der Waals surface area contributed by atoms with E-state index in [1.165, 1.54) is 10.4 Å². The molecular formula is C9H9BrO2S. The van der Waals surface area contributed by atoms with Crippen LogP contribution in [0.1, 0.15) is 22.8 Å². The summed E-state index contributed by atoms with van der Waals surface area (Å²) >= 11 is 5.08. The third-order valence-corrected chi connectivity index (χ3v) is 4.00. The zero-order valence-electron chi connectivity index (χ0n) is 7.08. The maximum Gasteiger partial charge on any atom is 0.307 e. The number of hydrogen-bond donors (Lipinski definition) is 1. The van der Waals surface area contributed by atoms with Gasteiger partial charge in [0, 0.05) is 4.88 Å². The fourth-order valence-electron chi connectivity index (χ4n) is 1.64. The minimum absolute atomic E-state index is 0.139. The topological polar surface area (TPSA) is 37.3 Å². The fraction of sp³-hybridized carbons (Fsp3) is 0.444. The van der Waals surface area contributed by atoms with Crippen LogP contribution in [0, 0.1) is 12.8 Å². The number of thiophene rings is 1. The number of aliphatic carboxylic acids is 1. The molecule has 1 aliphatic carbocycles. The van der Waals surface area contributed by atoms with Gasteiger partial charge in [0.2, 0.25) is 0 Å². The van der Waals surface area contributed by atoms with Crippen LogP contribution in [0.15, 0.2) is 9.85 Å². The Labute approximate surface area is 88.7 Å². The molecule has 2 rings (SSSR count). The molecule has 1 aliphatic rings. The maximum atomic E-state index is 10.7. The number of rotatable bonds is 2. The average Bonchev–Trinajstić information content (AvgIpc) is 2.73. The van der Waals surface area contributed by atoms with Gasteiger partial charge in [-0.2, -0.15) is 0 Å². The maximum absolute atomic E-state index is 10.7. The molecule has 0 aliphatic heterocycles. The monoisotopic (exact) mass is 260 g/mol. The molecule has 2 nitrogen and oxygen atoms in total. The molecule has 2 atom stereocenters. The molecule has 0 saturated heterocycles. The second kappa shape index (κ2) is 3.10. The highest BCUT2D eigenvalue weighted by molar-refractivity contribution is 9.11.